The highest BCUT2D eigenvalue weighted by atomic mass is 16.5. The second kappa shape index (κ2) is 5.90. The van der Waals surface area contributed by atoms with Gasteiger partial charge in [0.1, 0.15) is 5.75 Å². The van der Waals surface area contributed by atoms with E-state index in [0.717, 1.165) is 12.3 Å². The van der Waals surface area contributed by atoms with Crippen molar-refractivity contribution in [2.24, 2.45) is 0 Å². The van der Waals surface area contributed by atoms with Gasteiger partial charge in [0, 0.05) is 24.5 Å². The van der Waals surface area contributed by atoms with E-state index in [9.17, 15) is 4.79 Å². The zero-order valence-electron chi connectivity index (χ0n) is 10.9. The number of nitrogens with zero attached hydrogens (tertiary/aromatic N) is 2. The normalized spacial score (nSPS) is 10.0. The van der Waals surface area contributed by atoms with Crippen LogP contribution in [0.3, 0.4) is 0 Å². The summed E-state index contributed by atoms with van der Waals surface area (Å²) in [4.78, 5) is 11.7. The molecule has 0 spiro atoms. The van der Waals surface area contributed by atoms with Gasteiger partial charge in [0.05, 0.1) is 7.11 Å². The van der Waals surface area contributed by atoms with Crippen LogP contribution >= 0.6 is 0 Å². The number of hydrogen-bond donors (Lipinski definition) is 2. The SMILES string of the molecule is CCn1ccc(NC(=O)Nc2ccc(OC)cc2)n1. The van der Waals surface area contributed by atoms with Crippen molar-refractivity contribution >= 4 is 17.5 Å². The smallest absolute Gasteiger partial charge is 0.324 e. The number of ether oxygens (including phenoxy) is 1. The number of methoxy groups -OCH3 is 1. The Hall–Kier alpha value is -2.50. The van der Waals surface area contributed by atoms with E-state index in [4.69, 9.17) is 4.74 Å². The van der Waals surface area contributed by atoms with Crippen molar-refractivity contribution in [3.63, 3.8) is 0 Å². The highest BCUT2D eigenvalue weighted by molar-refractivity contribution is 5.99. The van der Waals surface area contributed by atoms with Gasteiger partial charge >= 0.3 is 6.03 Å². The Morgan fingerprint density at radius 3 is 2.58 bits per heavy atom. The molecule has 0 saturated heterocycles. The molecule has 0 bridgehead atoms. The quantitative estimate of drug-likeness (QED) is 0.887. The summed E-state index contributed by atoms with van der Waals surface area (Å²) in [6.07, 6.45) is 1.81. The van der Waals surface area contributed by atoms with Crippen LogP contribution < -0.4 is 15.4 Å². The zero-order valence-corrected chi connectivity index (χ0v) is 10.9. The molecule has 2 rings (SSSR count). The van der Waals surface area contributed by atoms with Gasteiger partial charge in [-0.1, -0.05) is 0 Å². The molecule has 2 amide bonds. The number of benzene rings is 1. The number of anilines is 2. The van der Waals surface area contributed by atoms with Crippen molar-refractivity contribution in [2.45, 2.75) is 13.5 Å². The molecule has 2 N–H and O–H groups in total. The van der Waals surface area contributed by atoms with Gasteiger partial charge in [-0.2, -0.15) is 5.10 Å². The van der Waals surface area contributed by atoms with Crippen LogP contribution in [0.15, 0.2) is 36.5 Å². The van der Waals surface area contributed by atoms with Crippen molar-refractivity contribution in [3.8, 4) is 5.75 Å². The van der Waals surface area contributed by atoms with E-state index in [1.807, 2.05) is 13.1 Å². The molecule has 0 saturated carbocycles. The average Bonchev–Trinajstić information content (AvgIpc) is 2.87. The van der Waals surface area contributed by atoms with E-state index in [-0.39, 0.29) is 6.03 Å². The Labute approximate surface area is 111 Å². The Balaban J connectivity index is 1.93. The Morgan fingerprint density at radius 2 is 2.00 bits per heavy atom. The molecule has 0 aliphatic carbocycles. The third-order valence-electron chi connectivity index (χ3n) is 2.55. The van der Waals surface area contributed by atoms with Crippen molar-refractivity contribution in [1.29, 1.82) is 0 Å². The first-order chi connectivity index (χ1) is 9.21. The number of aromatic nitrogens is 2. The van der Waals surface area contributed by atoms with Crippen molar-refractivity contribution < 1.29 is 9.53 Å². The molecule has 1 aromatic carbocycles. The molecule has 0 unspecified atom stereocenters. The summed E-state index contributed by atoms with van der Waals surface area (Å²) in [6, 6.07) is 8.51. The maximum absolute atomic E-state index is 11.7. The molecule has 0 fully saturated rings. The van der Waals surface area contributed by atoms with Gasteiger partial charge in [-0.3, -0.25) is 10.00 Å². The van der Waals surface area contributed by atoms with Gasteiger partial charge in [0.2, 0.25) is 0 Å². The fourth-order valence-corrected chi connectivity index (χ4v) is 1.56. The lowest BCUT2D eigenvalue weighted by molar-refractivity contribution is 0.262. The predicted octanol–water partition coefficient (Wildman–Crippen LogP) is 2.56. The number of aryl methyl sites for hydroxylation is 1. The lowest BCUT2D eigenvalue weighted by Gasteiger charge is -2.06. The summed E-state index contributed by atoms with van der Waals surface area (Å²) in [5, 5.41) is 9.54. The van der Waals surface area contributed by atoms with Gasteiger partial charge in [-0.05, 0) is 31.2 Å². The van der Waals surface area contributed by atoms with Gasteiger partial charge in [0.25, 0.3) is 0 Å². The lowest BCUT2D eigenvalue weighted by atomic mass is 10.3. The molecule has 1 aromatic heterocycles. The van der Waals surface area contributed by atoms with Crippen LogP contribution in [0.5, 0.6) is 5.75 Å². The Bertz CT molecular complexity index is 548. The minimum absolute atomic E-state index is 0.327. The number of hydrogen-bond acceptors (Lipinski definition) is 3. The number of carbonyl (C=O) groups is 1. The number of rotatable bonds is 4. The van der Waals surface area contributed by atoms with Crippen LogP contribution in [0.1, 0.15) is 6.92 Å². The second-order valence-corrected chi connectivity index (χ2v) is 3.86. The molecular formula is C13H16N4O2. The summed E-state index contributed by atoms with van der Waals surface area (Å²) in [7, 11) is 1.60. The minimum Gasteiger partial charge on any atom is -0.497 e. The largest absolute Gasteiger partial charge is 0.497 e. The average molecular weight is 260 g/mol. The Morgan fingerprint density at radius 1 is 1.26 bits per heavy atom. The molecule has 0 atom stereocenters. The van der Waals surface area contributed by atoms with E-state index in [2.05, 4.69) is 15.7 Å². The van der Waals surface area contributed by atoms with Crippen LogP contribution in [0, 0.1) is 0 Å². The number of amides is 2. The van der Waals surface area contributed by atoms with E-state index >= 15 is 0 Å². The maximum atomic E-state index is 11.7. The van der Waals surface area contributed by atoms with Crippen molar-refractivity contribution in [1.82, 2.24) is 9.78 Å². The molecule has 6 nitrogen and oxygen atoms in total. The number of carbonyl (C=O) groups excluding carboxylic acids is 1. The molecule has 2 aromatic rings. The van der Waals surface area contributed by atoms with E-state index in [1.54, 1.807) is 42.1 Å². The molecule has 0 radical (unpaired) electrons. The summed E-state index contributed by atoms with van der Waals surface area (Å²) in [6.45, 7) is 2.75. The molecule has 19 heavy (non-hydrogen) atoms. The van der Waals surface area contributed by atoms with E-state index in [0.29, 0.717) is 11.5 Å². The van der Waals surface area contributed by atoms with Crippen LogP contribution in [0.4, 0.5) is 16.3 Å². The number of urea groups is 1. The highest BCUT2D eigenvalue weighted by Gasteiger charge is 2.04. The standard InChI is InChI=1S/C13H16N4O2/c1-3-17-9-8-12(16-17)15-13(18)14-10-4-6-11(19-2)7-5-10/h4-9H,3H2,1-2H3,(H2,14,15,16,18). The van der Waals surface area contributed by atoms with Gasteiger partial charge < -0.3 is 10.1 Å². The van der Waals surface area contributed by atoms with Crippen molar-refractivity contribution in [2.75, 3.05) is 17.7 Å². The molecule has 6 heteroatoms. The number of nitrogens with one attached hydrogen (secondary N) is 2. The van der Waals surface area contributed by atoms with Crippen LogP contribution in [0.25, 0.3) is 0 Å². The third kappa shape index (κ3) is 3.48. The zero-order chi connectivity index (χ0) is 13.7. The highest BCUT2D eigenvalue weighted by Crippen LogP contribution is 2.15. The maximum Gasteiger partial charge on any atom is 0.324 e. The van der Waals surface area contributed by atoms with Gasteiger partial charge in [0.15, 0.2) is 5.82 Å². The predicted molar refractivity (Wildman–Crippen MR) is 73.5 cm³/mol. The minimum atomic E-state index is -0.327. The molecular weight excluding hydrogens is 244 g/mol. The molecule has 0 aliphatic heterocycles. The van der Waals surface area contributed by atoms with Crippen LogP contribution in [-0.2, 0) is 6.54 Å². The second-order valence-electron chi connectivity index (χ2n) is 3.86. The fourth-order valence-electron chi connectivity index (χ4n) is 1.56. The van der Waals surface area contributed by atoms with E-state index < -0.39 is 0 Å². The Kier molecular flexibility index (Phi) is 4.02. The topological polar surface area (TPSA) is 68.2 Å². The molecule has 100 valence electrons. The summed E-state index contributed by atoms with van der Waals surface area (Å²) < 4.78 is 6.78. The summed E-state index contributed by atoms with van der Waals surface area (Å²) in [5.41, 5.74) is 0.688. The summed E-state index contributed by atoms with van der Waals surface area (Å²) >= 11 is 0. The van der Waals surface area contributed by atoms with Gasteiger partial charge in [-0.15, -0.1) is 0 Å². The third-order valence-corrected chi connectivity index (χ3v) is 2.55. The van der Waals surface area contributed by atoms with Crippen LogP contribution in [0.2, 0.25) is 0 Å². The first kappa shape index (κ1) is 12.9. The summed E-state index contributed by atoms with van der Waals surface area (Å²) in [5.74, 6) is 1.26. The molecule has 1 heterocycles. The van der Waals surface area contributed by atoms with Crippen molar-refractivity contribution in [3.05, 3.63) is 36.5 Å². The first-order valence-electron chi connectivity index (χ1n) is 5.97. The fraction of sp³-hybridized carbons (Fsp3) is 0.231. The van der Waals surface area contributed by atoms with Gasteiger partial charge in [-0.25, -0.2) is 4.79 Å². The van der Waals surface area contributed by atoms with E-state index in [1.165, 1.54) is 0 Å². The van der Waals surface area contributed by atoms with Crippen LogP contribution in [-0.4, -0.2) is 22.9 Å². The first-order valence-corrected chi connectivity index (χ1v) is 5.97. The lowest BCUT2D eigenvalue weighted by Crippen LogP contribution is -2.19. The molecule has 0 aliphatic rings. The monoisotopic (exact) mass is 260 g/mol.